The summed E-state index contributed by atoms with van der Waals surface area (Å²) in [7, 11) is 1.34. The molecule has 1 aromatic rings. The van der Waals surface area contributed by atoms with Crippen LogP contribution in [0.3, 0.4) is 0 Å². The summed E-state index contributed by atoms with van der Waals surface area (Å²) < 4.78 is 10.1. The van der Waals surface area contributed by atoms with Crippen LogP contribution in [0.2, 0.25) is 0 Å². The van der Waals surface area contributed by atoms with E-state index < -0.39 is 11.6 Å². The first-order chi connectivity index (χ1) is 11.7. The van der Waals surface area contributed by atoms with Crippen LogP contribution in [0.15, 0.2) is 18.2 Å². The van der Waals surface area contributed by atoms with Crippen LogP contribution in [0.1, 0.15) is 37.6 Å². The highest BCUT2D eigenvalue weighted by atomic mass is 16.6. The van der Waals surface area contributed by atoms with Crippen LogP contribution in [0.25, 0.3) is 0 Å². The number of ether oxygens (including phenoxy) is 2. The second-order valence-electron chi connectivity index (χ2n) is 7.26. The molecular formula is C18H27N3O4. The van der Waals surface area contributed by atoms with E-state index in [1.54, 1.807) is 23.1 Å². The molecule has 1 amide bonds. The number of hydrogen-bond donors (Lipinski definition) is 2. The first kappa shape index (κ1) is 18.9. The van der Waals surface area contributed by atoms with Gasteiger partial charge in [0.15, 0.2) is 0 Å². The molecule has 0 radical (unpaired) electrons. The van der Waals surface area contributed by atoms with Gasteiger partial charge in [0.1, 0.15) is 5.60 Å². The van der Waals surface area contributed by atoms with E-state index >= 15 is 0 Å². The van der Waals surface area contributed by atoms with Crippen molar-refractivity contribution >= 4 is 23.4 Å². The zero-order chi connectivity index (χ0) is 18.6. The van der Waals surface area contributed by atoms with Crippen molar-refractivity contribution in [2.45, 2.75) is 32.8 Å². The van der Waals surface area contributed by atoms with E-state index in [1.807, 2.05) is 20.8 Å². The molecule has 7 heteroatoms. The van der Waals surface area contributed by atoms with Crippen LogP contribution in [0, 0.1) is 5.92 Å². The van der Waals surface area contributed by atoms with Crippen LogP contribution in [0.4, 0.5) is 16.2 Å². The van der Waals surface area contributed by atoms with Gasteiger partial charge in [-0.3, -0.25) is 0 Å². The van der Waals surface area contributed by atoms with Gasteiger partial charge < -0.3 is 25.4 Å². The fraction of sp³-hybridized carbons (Fsp3) is 0.556. The molecule has 25 heavy (non-hydrogen) atoms. The van der Waals surface area contributed by atoms with Crippen molar-refractivity contribution in [2.24, 2.45) is 5.92 Å². The zero-order valence-electron chi connectivity index (χ0n) is 15.3. The third-order valence-corrected chi connectivity index (χ3v) is 3.99. The van der Waals surface area contributed by atoms with Gasteiger partial charge in [0, 0.05) is 19.6 Å². The van der Waals surface area contributed by atoms with Crippen LogP contribution >= 0.6 is 0 Å². The number of benzene rings is 1. The van der Waals surface area contributed by atoms with Gasteiger partial charge >= 0.3 is 12.1 Å². The Balaban J connectivity index is 1.90. The van der Waals surface area contributed by atoms with E-state index in [0.29, 0.717) is 42.5 Å². The third kappa shape index (κ3) is 5.27. The van der Waals surface area contributed by atoms with Crippen LogP contribution in [0.5, 0.6) is 0 Å². The Bertz CT molecular complexity index is 640. The summed E-state index contributed by atoms with van der Waals surface area (Å²) in [5, 5.41) is 3.27. The maximum Gasteiger partial charge on any atom is 0.410 e. The predicted octanol–water partition coefficient (Wildman–Crippen LogP) is 2.72. The van der Waals surface area contributed by atoms with Gasteiger partial charge in [0.05, 0.1) is 24.0 Å². The minimum atomic E-state index is -0.490. The molecule has 1 aromatic carbocycles. The number of carbonyl (C=O) groups excluding carboxylic acids is 2. The lowest BCUT2D eigenvalue weighted by Gasteiger charge is -2.24. The van der Waals surface area contributed by atoms with Gasteiger partial charge in [-0.05, 0) is 51.3 Å². The van der Waals surface area contributed by atoms with Crippen molar-refractivity contribution < 1.29 is 19.1 Å². The lowest BCUT2D eigenvalue weighted by atomic mass is 10.1. The third-order valence-electron chi connectivity index (χ3n) is 3.99. The largest absolute Gasteiger partial charge is 0.465 e. The lowest BCUT2D eigenvalue weighted by molar-refractivity contribution is 0.0289. The molecule has 0 bridgehead atoms. The summed E-state index contributed by atoms with van der Waals surface area (Å²) in [6.07, 6.45) is 0.616. The summed E-state index contributed by atoms with van der Waals surface area (Å²) in [6.45, 7) is 7.55. The number of rotatable bonds is 4. The SMILES string of the molecule is COC(=O)c1ccc(N)c(NCC2CCN(C(=O)OC(C)(C)C)C2)c1. The van der Waals surface area contributed by atoms with E-state index in [1.165, 1.54) is 7.11 Å². The number of amides is 1. The van der Waals surface area contributed by atoms with Crippen molar-refractivity contribution in [3.05, 3.63) is 23.8 Å². The number of nitrogens with zero attached hydrogens (tertiary/aromatic N) is 1. The molecule has 1 saturated heterocycles. The second kappa shape index (κ2) is 7.63. The summed E-state index contributed by atoms with van der Waals surface area (Å²) in [6, 6.07) is 4.99. The first-order valence-corrected chi connectivity index (χ1v) is 8.39. The van der Waals surface area contributed by atoms with Gasteiger partial charge in [-0.2, -0.15) is 0 Å². The Labute approximate surface area is 148 Å². The van der Waals surface area contributed by atoms with E-state index in [-0.39, 0.29) is 6.09 Å². The molecule has 1 atom stereocenters. The van der Waals surface area contributed by atoms with Crippen LogP contribution in [-0.2, 0) is 9.47 Å². The van der Waals surface area contributed by atoms with Crippen molar-refractivity contribution in [1.82, 2.24) is 4.90 Å². The Morgan fingerprint density at radius 2 is 2.08 bits per heavy atom. The fourth-order valence-corrected chi connectivity index (χ4v) is 2.70. The van der Waals surface area contributed by atoms with Crippen molar-refractivity contribution in [2.75, 3.05) is 37.8 Å². The van der Waals surface area contributed by atoms with E-state index in [9.17, 15) is 9.59 Å². The van der Waals surface area contributed by atoms with Crippen molar-refractivity contribution in [3.8, 4) is 0 Å². The van der Waals surface area contributed by atoms with E-state index in [2.05, 4.69) is 5.32 Å². The molecule has 0 spiro atoms. The molecule has 1 aliphatic rings. The molecule has 0 aromatic heterocycles. The predicted molar refractivity (Wildman–Crippen MR) is 96.6 cm³/mol. The average Bonchev–Trinajstić information content (AvgIpc) is 3.01. The summed E-state index contributed by atoms with van der Waals surface area (Å²) in [4.78, 5) is 25.4. The van der Waals surface area contributed by atoms with E-state index in [4.69, 9.17) is 15.2 Å². The molecule has 138 valence electrons. The molecule has 1 fully saturated rings. The average molecular weight is 349 g/mol. The number of methoxy groups -OCH3 is 1. The van der Waals surface area contributed by atoms with Gasteiger partial charge in [0.25, 0.3) is 0 Å². The van der Waals surface area contributed by atoms with Crippen molar-refractivity contribution in [1.29, 1.82) is 0 Å². The molecule has 7 nitrogen and oxygen atoms in total. The maximum absolute atomic E-state index is 12.1. The second-order valence-corrected chi connectivity index (χ2v) is 7.26. The first-order valence-electron chi connectivity index (χ1n) is 8.39. The molecular weight excluding hydrogens is 322 g/mol. The van der Waals surface area contributed by atoms with Gasteiger partial charge in [0.2, 0.25) is 0 Å². The molecule has 1 heterocycles. The number of likely N-dealkylation sites (tertiary alicyclic amines) is 1. The number of nitrogens with two attached hydrogens (primary N) is 1. The number of nitrogens with one attached hydrogen (secondary N) is 1. The minimum Gasteiger partial charge on any atom is -0.465 e. The Hall–Kier alpha value is -2.44. The van der Waals surface area contributed by atoms with Crippen LogP contribution in [-0.4, -0.2) is 49.3 Å². The number of anilines is 2. The van der Waals surface area contributed by atoms with E-state index in [0.717, 1.165) is 6.42 Å². The summed E-state index contributed by atoms with van der Waals surface area (Å²) >= 11 is 0. The Morgan fingerprint density at radius 3 is 2.72 bits per heavy atom. The summed E-state index contributed by atoms with van der Waals surface area (Å²) in [5.41, 5.74) is 7.17. The minimum absolute atomic E-state index is 0.276. The highest BCUT2D eigenvalue weighted by Crippen LogP contribution is 2.24. The molecule has 0 aliphatic carbocycles. The normalized spacial score (nSPS) is 17.3. The number of nitrogen functional groups attached to an aromatic ring is 1. The lowest BCUT2D eigenvalue weighted by Crippen LogP contribution is -2.35. The molecule has 0 saturated carbocycles. The van der Waals surface area contributed by atoms with Gasteiger partial charge in [-0.15, -0.1) is 0 Å². The molecule has 1 aliphatic heterocycles. The quantitative estimate of drug-likeness (QED) is 0.641. The van der Waals surface area contributed by atoms with Crippen LogP contribution < -0.4 is 11.1 Å². The van der Waals surface area contributed by atoms with Crippen molar-refractivity contribution in [3.63, 3.8) is 0 Å². The standard InChI is InChI=1S/C18H27N3O4/c1-18(2,3)25-17(23)21-8-7-12(11-21)10-20-15-9-13(16(22)24-4)5-6-14(15)19/h5-6,9,12,20H,7-8,10-11,19H2,1-4H3. The van der Waals surface area contributed by atoms with Gasteiger partial charge in [-0.25, -0.2) is 9.59 Å². The van der Waals surface area contributed by atoms with Gasteiger partial charge in [-0.1, -0.05) is 0 Å². The molecule has 1 unspecified atom stereocenters. The smallest absolute Gasteiger partial charge is 0.410 e. The maximum atomic E-state index is 12.1. The highest BCUT2D eigenvalue weighted by molar-refractivity contribution is 5.91. The number of hydrogen-bond acceptors (Lipinski definition) is 6. The molecule has 3 N–H and O–H groups in total. The Morgan fingerprint density at radius 1 is 1.36 bits per heavy atom. The number of esters is 1. The highest BCUT2D eigenvalue weighted by Gasteiger charge is 2.29. The monoisotopic (exact) mass is 349 g/mol. The topological polar surface area (TPSA) is 93.9 Å². The fourth-order valence-electron chi connectivity index (χ4n) is 2.70. The number of carbonyl (C=O) groups is 2. The zero-order valence-corrected chi connectivity index (χ0v) is 15.3. The Kier molecular flexibility index (Phi) is 5.77. The molecule has 2 rings (SSSR count). The summed E-state index contributed by atoms with van der Waals surface area (Å²) in [5.74, 6) is -0.103.